The molecule has 128 valence electrons. The Labute approximate surface area is 137 Å². The predicted molar refractivity (Wildman–Crippen MR) is 91.5 cm³/mol. The van der Waals surface area contributed by atoms with Crippen molar-refractivity contribution in [3.8, 4) is 0 Å². The van der Waals surface area contributed by atoms with Gasteiger partial charge in [-0.05, 0) is 24.7 Å². The summed E-state index contributed by atoms with van der Waals surface area (Å²) in [5.74, 6) is 1.24. The van der Waals surface area contributed by atoms with Gasteiger partial charge in [-0.15, -0.1) is 0 Å². The third kappa shape index (κ3) is 5.37. The summed E-state index contributed by atoms with van der Waals surface area (Å²) in [5.41, 5.74) is 0.781. The molecule has 1 N–H and O–H groups in total. The Bertz CT molecular complexity index is 582. The number of aromatic nitrogens is 2. The van der Waals surface area contributed by atoms with Gasteiger partial charge in [-0.3, -0.25) is 9.59 Å². The Morgan fingerprint density at radius 2 is 2.26 bits per heavy atom. The number of hydrogen-bond donors (Lipinski definition) is 1. The zero-order valence-electron chi connectivity index (χ0n) is 14.4. The van der Waals surface area contributed by atoms with Crippen LogP contribution in [0.15, 0.2) is 17.1 Å². The minimum atomic E-state index is -0.0931. The summed E-state index contributed by atoms with van der Waals surface area (Å²) in [4.78, 5) is 25.7. The third-order valence-corrected chi connectivity index (χ3v) is 4.38. The summed E-state index contributed by atoms with van der Waals surface area (Å²) >= 11 is 0. The Balaban J connectivity index is 1.74. The fourth-order valence-corrected chi connectivity index (χ4v) is 2.88. The molecule has 2 heterocycles. The summed E-state index contributed by atoms with van der Waals surface area (Å²) in [5, 5.41) is 7.11. The topological polar surface area (TPSA) is 67.2 Å². The lowest BCUT2D eigenvalue weighted by Crippen LogP contribution is -2.31. The van der Waals surface area contributed by atoms with Gasteiger partial charge in [0.1, 0.15) is 0 Å². The number of amides is 1. The van der Waals surface area contributed by atoms with Crippen LogP contribution in [0.2, 0.25) is 0 Å². The van der Waals surface area contributed by atoms with E-state index in [1.807, 2.05) is 0 Å². The second-order valence-electron chi connectivity index (χ2n) is 6.87. The monoisotopic (exact) mass is 320 g/mol. The third-order valence-electron chi connectivity index (χ3n) is 4.38. The van der Waals surface area contributed by atoms with E-state index >= 15 is 0 Å². The highest BCUT2D eigenvalue weighted by Gasteiger charge is 2.23. The molecule has 1 fully saturated rings. The van der Waals surface area contributed by atoms with Crippen LogP contribution in [0.4, 0.5) is 5.69 Å². The van der Waals surface area contributed by atoms with Crippen LogP contribution in [0, 0.1) is 11.8 Å². The molecular formula is C17H28N4O2. The molecule has 1 aromatic rings. The largest absolute Gasteiger partial charge is 0.370 e. The van der Waals surface area contributed by atoms with Crippen LogP contribution in [-0.2, 0) is 11.8 Å². The van der Waals surface area contributed by atoms with Gasteiger partial charge in [-0.2, -0.15) is 5.10 Å². The number of anilines is 1. The normalized spacial score (nSPS) is 17.7. The second kappa shape index (κ2) is 8.13. The van der Waals surface area contributed by atoms with Crippen LogP contribution < -0.4 is 15.8 Å². The van der Waals surface area contributed by atoms with Gasteiger partial charge in [0.2, 0.25) is 5.91 Å². The molecular weight excluding hydrogens is 292 g/mol. The summed E-state index contributed by atoms with van der Waals surface area (Å²) in [6, 6.07) is 1.62. The number of nitrogens with one attached hydrogen (secondary N) is 1. The molecule has 6 heteroatoms. The van der Waals surface area contributed by atoms with Crippen LogP contribution in [-0.4, -0.2) is 35.3 Å². The van der Waals surface area contributed by atoms with E-state index in [4.69, 9.17) is 0 Å². The minimum Gasteiger partial charge on any atom is -0.370 e. The molecule has 1 amide bonds. The van der Waals surface area contributed by atoms with Crippen molar-refractivity contribution in [3.63, 3.8) is 0 Å². The summed E-state index contributed by atoms with van der Waals surface area (Å²) in [6.45, 7) is 6.84. The van der Waals surface area contributed by atoms with Crippen molar-refractivity contribution in [1.29, 1.82) is 0 Å². The Kier molecular flexibility index (Phi) is 6.19. The van der Waals surface area contributed by atoms with E-state index in [9.17, 15) is 9.59 Å². The first kappa shape index (κ1) is 17.5. The molecule has 0 aromatic carbocycles. The Morgan fingerprint density at radius 1 is 1.48 bits per heavy atom. The van der Waals surface area contributed by atoms with E-state index in [1.165, 1.54) is 4.68 Å². The number of carbonyl (C=O) groups is 1. The molecule has 0 saturated carbocycles. The molecule has 0 radical (unpaired) electrons. The van der Waals surface area contributed by atoms with Crippen molar-refractivity contribution in [2.24, 2.45) is 18.9 Å². The summed E-state index contributed by atoms with van der Waals surface area (Å²) in [7, 11) is 1.65. The lowest BCUT2D eigenvalue weighted by molar-refractivity contribution is -0.121. The van der Waals surface area contributed by atoms with Crippen molar-refractivity contribution >= 4 is 11.6 Å². The predicted octanol–water partition coefficient (Wildman–Crippen LogP) is 1.55. The van der Waals surface area contributed by atoms with Crippen LogP contribution in [0.25, 0.3) is 0 Å². The summed E-state index contributed by atoms with van der Waals surface area (Å²) in [6.07, 6.45) is 5.43. The van der Waals surface area contributed by atoms with E-state index < -0.39 is 0 Å². The van der Waals surface area contributed by atoms with Crippen LogP contribution >= 0.6 is 0 Å². The molecule has 1 aliphatic rings. The first-order valence-electron chi connectivity index (χ1n) is 8.50. The first-order valence-corrected chi connectivity index (χ1v) is 8.50. The molecule has 6 nitrogen and oxygen atoms in total. The van der Waals surface area contributed by atoms with Crippen molar-refractivity contribution < 1.29 is 4.79 Å². The van der Waals surface area contributed by atoms with Crippen LogP contribution in [0.3, 0.4) is 0 Å². The van der Waals surface area contributed by atoms with Gasteiger partial charge < -0.3 is 10.2 Å². The van der Waals surface area contributed by atoms with Crippen molar-refractivity contribution in [3.05, 3.63) is 22.6 Å². The molecule has 1 aliphatic heterocycles. The Morgan fingerprint density at radius 3 is 2.96 bits per heavy atom. The van der Waals surface area contributed by atoms with E-state index in [0.717, 1.165) is 44.6 Å². The maximum atomic E-state index is 11.8. The fourth-order valence-electron chi connectivity index (χ4n) is 2.88. The van der Waals surface area contributed by atoms with Gasteiger partial charge in [0.25, 0.3) is 5.56 Å². The van der Waals surface area contributed by atoms with E-state index in [-0.39, 0.29) is 11.5 Å². The molecule has 1 aromatic heterocycles. The molecule has 2 rings (SSSR count). The standard InChI is InChI=1S/C17H28N4O2/c1-13(2)5-4-6-16(22)18-10-14-7-8-21(12-14)15-9-17(23)20(3)19-11-15/h9,11,13-14H,4-8,10,12H2,1-3H3,(H,18,22). The highest BCUT2D eigenvalue weighted by molar-refractivity contribution is 5.75. The highest BCUT2D eigenvalue weighted by Crippen LogP contribution is 2.21. The molecule has 0 spiro atoms. The number of hydrogen-bond acceptors (Lipinski definition) is 4. The van der Waals surface area contributed by atoms with E-state index in [0.29, 0.717) is 18.3 Å². The zero-order chi connectivity index (χ0) is 16.8. The fraction of sp³-hybridized carbons (Fsp3) is 0.706. The van der Waals surface area contributed by atoms with Gasteiger partial charge in [-0.1, -0.05) is 20.3 Å². The minimum absolute atomic E-state index is 0.0931. The molecule has 1 atom stereocenters. The van der Waals surface area contributed by atoms with Gasteiger partial charge in [0.05, 0.1) is 11.9 Å². The number of carbonyl (C=O) groups excluding carboxylic acids is 1. The van der Waals surface area contributed by atoms with Crippen LogP contribution in [0.5, 0.6) is 0 Å². The van der Waals surface area contributed by atoms with Crippen molar-refractivity contribution in [1.82, 2.24) is 15.1 Å². The van der Waals surface area contributed by atoms with Gasteiger partial charge in [0, 0.05) is 39.2 Å². The lowest BCUT2D eigenvalue weighted by atomic mass is 10.1. The van der Waals surface area contributed by atoms with E-state index in [1.54, 1.807) is 19.3 Å². The SMILES string of the molecule is CC(C)CCCC(=O)NCC1CCN(c2cnn(C)c(=O)c2)C1. The maximum absolute atomic E-state index is 11.8. The quantitative estimate of drug-likeness (QED) is 0.828. The smallest absolute Gasteiger partial charge is 0.268 e. The molecule has 1 saturated heterocycles. The molecule has 0 bridgehead atoms. The van der Waals surface area contributed by atoms with Crippen molar-refractivity contribution in [2.45, 2.75) is 39.5 Å². The maximum Gasteiger partial charge on any atom is 0.268 e. The second-order valence-corrected chi connectivity index (χ2v) is 6.87. The number of nitrogens with zero attached hydrogens (tertiary/aromatic N) is 3. The first-order chi connectivity index (χ1) is 11.0. The van der Waals surface area contributed by atoms with E-state index in [2.05, 4.69) is 29.2 Å². The zero-order valence-corrected chi connectivity index (χ0v) is 14.4. The Hall–Kier alpha value is -1.85. The highest BCUT2D eigenvalue weighted by atomic mass is 16.1. The average Bonchev–Trinajstić information content (AvgIpc) is 2.96. The van der Waals surface area contributed by atoms with Gasteiger partial charge in [0.15, 0.2) is 0 Å². The van der Waals surface area contributed by atoms with Crippen molar-refractivity contribution in [2.75, 3.05) is 24.5 Å². The summed E-state index contributed by atoms with van der Waals surface area (Å²) < 4.78 is 1.33. The molecule has 0 aliphatic carbocycles. The number of rotatable bonds is 7. The van der Waals surface area contributed by atoms with Gasteiger partial charge >= 0.3 is 0 Å². The lowest BCUT2D eigenvalue weighted by Gasteiger charge is -2.18. The average molecular weight is 320 g/mol. The number of aryl methyl sites for hydroxylation is 1. The molecule has 1 unspecified atom stereocenters. The van der Waals surface area contributed by atoms with Gasteiger partial charge in [-0.25, -0.2) is 4.68 Å². The van der Waals surface area contributed by atoms with Crippen LogP contribution in [0.1, 0.15) is 39.5 Å². The molecule has 23 heavy (non-hydrogen) atoms.